The second kappa shape index (κ2) is 5.05. The van der Waals surface area contributed by atoms with Crippen molar-refractivity contribution in [1.29, 1.82) is 0 Å². The summed E-state index contributed by atoms with van der Waals surface area (Å²) in [6.45, 7) is 0. The predicted octanol–water partition coefficient (Wildman–Crippen LogP) is -2.89. The summed E-state index contributed by atoms with van der Waals surface area (Å²) in [6, 6.07) is -1.32. The van der Waals surface area contributed by atoms with Crippen LogP contribution in [0.2, 0.25) is 0 Å². The van der Waals surface area contributed by atoms with Crippen LogP contribution < -0.4 is 16.2 Å². The van der Waals surface area contributed by atoms with Crippen molar-refractivity contribution in [2.75, 3.05) is 14.1 Å². The molecule has 1 atom stereocenters. The maximum absolute atomic E-state index is 11.3. The van der Waals surface area contributed by atoms with E-state index < -0.39 is 34.5 Å². The molecule has 0 bridgehead atoms. The van der Waals surface area contributed by atoms with Gasteiger partial charge in [-0.2, -0.15) is 17.4 Å². The average molecular weight is 238 g/mol. The molecule has 0 saturated carbocycles. The van der Waals surface area contributed by atoms with Crippen LogP contribution in [0.3, 0.4) is 0 Å². The van der Waals surface area contributed by atoms with E-state index in [1.54, 1.807) is 0 Å². The highest BCUT2D eigenvalue weighted by Crippen LogP contribution is 1.96. The summed E-state index contributed by atoms with van der Waals surface area (Å²) in [5, 5.41) is 0. The number of nitrogens with zero attached hydrogens (tertiary/aromatic N) is 1. The molecule has 0 radical (unpaired) electrons. The molecule has 5 N–H and O–H groups in total. The van der Waals surface area contributed by atoms with Gasteiger partial charge in [-0.05, 0) is 0 Å². The van der Waals surface area contributed by atoms with Gasteiger partial charge in [-0.25, -0.2) is 0 Å². The lowest BCUT2D eigenvalue weighted by Crippen LogP contribution is -2.49. The van der Waals surface area contributed by atoms with E-state index in [0.29, 0.717) is 0 Å². The molecule has 0 rings (SSSR count). The van der Waals surface area contributed by atoms with Gasteiger partial charge in [-0.1, -0.05) is 0 Å². The van der Waals surface area contributed by atoms with Crippen LogP contribution >= 0.6 is 0 Å². The lowest BCUT2D eigenvalue weighted by Gasteiger charge is -2.17. The first kappa shape index (κ1) is 13.8. The molecule has 0 saturated heterocycles. The zero-order valence-electron chi connectivity index (χ0n) is 8.43. The summed E-state index contributed by atoms with van der Waals surface area (Å²) >= 11 is 0. The van der Waals surface area contributed by atoms with Crippen LogP contribution in [0.5, 0.6) is 0 Å². The van der Waals surface area contributed by atoms with Gasteiger partial charge in [-0.3, -0.25) is 9.59 Å². The van der Waals surface area contributed by atoms with Crippen molar-refractivity contribution in [2.45, 2.75) is 12.5 Å². The maximum Gasteiger partial charge on any atom is 0.279 e. The fourth-order valence-corrected chi connectivity index (χ4v) is 1.46. The Balaban J connectivity index is 4.70. The Bertz CT molecular complexity index is 350. The van der Waals surface area contributed by atoms with E-state index in [1.165, 1.54) is 14.1 Å². The Hall–Kier alpha value is -1.19. The van der Waals surface area contributed by atoms with E-state index in [1.807, 2.05) is 4.72 Å². The topological polar surface area (TPSA) is 136 Å². The molecule has 0 aliphatic rings. The third kappa shape index (κ3) is 4.72. The first-order valence-corrected chi connectivity index (χ1v) is 5.38. The van der Waals surface area contributed by atoms with E-state index in [0.717, 1.165) is 4.31 Å². The number of primary amides is 2. The van der Waals surface area contributed by atoms with Crippen LogP contribution in [0, 0.1) is 0 Å². The van der Waals surface area contributed by atoms with Crippen molar-refractivity contribution in [1.82, 2.24) is 9.03 Å². The van der Waals surface area contributed by atoms with Gasteiger partial charge >= 0.3 is 0 Å². The van der Waals surface area contributed by atoms with Crippen LogP contribution in [0.1, 0.15) is 6.42 Å². The zero-order valence-corrected chi connectivity index (χ0v) is 9.24. The average Bonchev–Trinajstić information content (AvgIpc) is 2.01. The highest BCUT2D eigenvalue weighted by molar-refractivity contribution is 7.87. The van der Waals surface area contributed by atoms with Gasteiger partial charge in [0.1, 0.15) is 6.04 Å². The molecule has 15 heavy (non-hydrogen) atoms. The highest BCUT2D eigenvalue weighted by atomic mass is 32.2. The van der Waals surface area contributed by atoms with E-state index in [4.69, 9.17) is 11.5 Å². The minimum Gasteiger partial charge on any atom is -0.370 e. The minimum atomic E-state index is -3.81. The Morgan fingerprint density at radius 2 is 1.80 bits per heavy atom. The van der Waals surface area contributed by atoms with Crippen molar-refractivity contribution >= 4 is 22.0 Å². The zero-order chi connectivity index (χ0) is 12.2. The molecule has 8 nitrogen and oxygen atoms in total. The maximum atomic E-state index is 11.3. The van der Waals surface area contributed by atoms with Crippen LogP contribution in [0.25, 0.3) is 0 Å². The molecule has 2 amide bonds. The summed E-state index contributed by atoms with van der Waals surface area (Å²) in [5.74, 6) is -1.78. The molecule has 88 valence electrons. The van der Waals surface area contributed by atoms with E-state index >= 15 is 0 Å². The molecule has 0 aromatic carbocycles. The number of carbonyl (C=O) groups excluding carboxylic acids is 2. The molecule has 0 aromatic heterocycles. The molecule has 0 heterocycles. The second-order valence-electron chi connectivity index (χ2n) is 3.03. The van der Waals surface area contributed by atoms with Crippen molar-refractivity contribution in [3.8, 4) is 0 Å². The number of nitrogens with one attached hydrogen (secondary N) is 1. The minimum absolute atomic E-state index is 0.470. The number of hydrogen-bond acceptors (Lipinski definition) is 4. The molecule has 0 aromatic rings. The molecule has 1 unspecified atom stereocenters. The second-order valence-corrected chi connectivity index (χ2v) is 4.95. The monoisotopic (exact) mass is 238 g/mol. The summed E-state index contributed by atoms with van der Waals surface area (Å²) in [7, 11) is -1.28. The first-order valence-electron chi connectivity index (χ1n) is 3.94. The molecular formula is C6H14N4O4S. The number of carbonyl (C=O) groups is 2. The quantitative estimate of drug-likeness (QED) is 0.457. The smallest absolute Gasteiger partial charge is 0.279 e. The fraction of sp³-hybridized carbons (Fsp3) is 0.667. The lowest BCUT2D eigenvalue weighted by molar-refractivity contribution is -0.124. The van der Waals surface area contributed by atoms with Gasteiger partial charge in [-0.15, -0.1) is 0 Å². The van der Waals surface area contributed by atoms with Crippen LogP contribution in [-0.4, -0.2) is 44.7 Å². The molecule has 9 heteroatoms. The van der Waals surface area contributed by atoms with Crippen molar-refractivity contribution < 1.29 is 18.0 Å². The number of amides is 2. The van der Waals surface area contributed by atoms with Crippen molar-refractivity contribution in [2.24, 2.45) is 11.5 Å². The molecular weight excluding hydrogens is 224 g/mol. The highest BCUT2D eigenvalue weighted by Gasteiger charge is 2.25. The van der Waals surface area contributed by atoms with Crippen molar-refractivity contribution in [3.05, 3.63) is 0 Å². The van der Waals surface area contributed by atoms with E-state index in [9.17, 15) is 18.0 Å². The lowest BCUT2D eigenvalue weighted by atomic mass is 10.2. The fourth-order valence-electron chi connectivity index (χ4n) is 0.687. The standard InChI is InChI=1S/C6H14N4O4S/c1-10(2)15(13,14)9-4(6(8)12)3-5(7)11/h4,9H,3H2,1-2H3,(H2,7,11)(H2,8,12). The first-order chi connectivity index (χ1) is 6.66. The van der Waals surface area contributed by atoms with Crippen LogP contribution in [0.15, 0.2) is 0 Å². The Kier molecular flexibility index (Phi) is 4.65. The Morgan fingerprint density at radius 3 is 2.07 bits per heavy atom. The largest absolute Gasteiger partial charge is 0.370 e. The molecule has 0 aliphatic heterocycles. The van der Waals surface area contributed by atoms with Crippen LogP contribution in [-0.2, 0) is 19.8 Å². The number of nitrogens with two attached hydrogens (primary N) is 2. The van der Waals surface area contributed by atoms with Crippen molar-refractivity contribution in [3.63, 3.8) is 0 Å². The number of rotatable bonds is 6. The van der Waals surface area contributed by atoms with Gasteiger partial charge in [0.05, 0.1) is 6.42 Å². The normalized spacial score (nSPS) is 13.8. The van der Waals surface area contributed by atoms with Gasteiger partial charge < -0.3 is 11.5 Å². The van der Waals surface area contributed by atoms with Crippen LogP contribution in [0.4, 0.5) is 0 Å². The van der Waals surface area contributed by atoms with Gasteiger partial charge in [0, 0.05) is 14.1 Å². The summed E-state index contributed by atoms with van der Waals surface area (Å²) in [5.41, 5.74) is 9.73. The summed E-state index contributed by atoms with van der Waals surface area (Å²) < 4.78 is 25.4. The predicted molar refractivity (Wildman–Crippen MR) is 52.5 cm³/mol. The molecule has 0 aliphatic carbocycles. The third-order valence-corrected chi connectivity index (χ3v) is 3.06. The summed E-state index contributed by atoms with van der Waals surface area (Å²) in [4.78, 5) is 21.3. The Labute approximate surface area is 87.8 Å². The van der Waals surface area contributed by atoms with Gasteiger partial charge in [0.15, 0.2) is 0 Å². The Morgan fingerprint density at radius 1 is 1.33 bits per heavy atom. The third-order valence-electron chi connectivity index (χ3n) is 1.52. The molecule has 0 fully saturated rings. The summed E-state index contributed by atoms with van der Waals surface area (Å²) in [6.07, 6.45) is -0.470. The van der Waals surface area contributed by atoms with Gasteiger partial charge in [0.2, 0.25) is 11.8 Å². The molecule has 0 spiro atoms. The van der Waals surface area contributed by atoms with E-state index in [-0.39, 0.29) is 0 Å². The number of hydrogen-bond donors (Lipinski definition) is 3. The SMILES string of the molecule is CN(C)S(=O)(=O)NC(CC(N)=O)C(N)=O. The van der Waals surface area contributed by atoms with Gasteiger partial charge in [0.25, 0.3) is 10.2 Å². The van der Waals surface area contributed by atoms with E-state index in [2.05, 4.69) is 0 Å².